The van der Waals surface area contributed by atoms with Gasteiger partial charge in [0, 0.05) is 26.2 Å². The molecule has 2 amide bonds. The Bertz CT molecular complexity index is 825. The molecule has 0 radical (unpaired) electrons. The summed E-state index contributed by atoms with van der Waals surface area (Å²) in [5, 5.41) is 32.1. The van der Waals surface area contributed by atoms with Crippen molar-refractivity contribution in [3.05, 3.63) is 0 Å². The lowest BCUT2D eigenvalue weighted by Gasteiger charge is -2.32. The lowest BCUT2D eigenvalue weighted by Crippen LogP contribution is -2.41. The summed E-state index contributed by atoms with van der Waals surface area (Å²) in [4.78, 5) is 20.8. The van der Waals surface area contributed by atoms with Crippen LogP contribution in [0.25, 0.3) is 0 Å². The van der Waals surface area contributed by atoms with Gasteiger partial charge in [0.15, 0.2) is 5.11 Å². The normalized spacial score (nSPS) is 20.5. The molecule has 3 atom stereocenters. The van der Waals surface area contributed by atoms with E-state index in [9.17, 15) is 20.1 Å². The molecule has 2 heterocycles. The molecule has 0 aromatic rings. The van der Waals surface area contributed by atoms with Gasteiger partial charge in [-0.25, -0.2) is 4.79 Å². The number of thiocarbonyl (C=S) groups is 2. The molecule has 0 aromatic carbocycles. The molecule has 2 rings (SSSR count). The molecule has 2 fully saturated rings. The molecule has 3 unspecified atom stereocenters. The van der Waals surface area contributed by atoms with Crippen LogP contribution in [-0.4, -0.2) is 109 Å². The van der Waals surface area contributed by atoms with Crippen molar-refractivity contribution in [3.8, 4) is 0 Å². The van der Waals surface area contributed by atoms with Gasteiger partial charge in [-0.1, -0.05) is 52.8 Å². The summed E-state index contributed by atoms with van der Waals surface area (Å²) >= 11 is 11.2. The van der Waals surface area contributed by atoms with Crippen LogP contribution in [0, 0.1) is 10.8 Å². The van der Waals surface area contributed by atoms with E-state index in [0.29, 0.717) is 38.9 Å². The Morgan fingerprint density at radius 1 is 0.846 bits per heavy atom. The number of hydrogen-bond donors (Lipinski definition) is 3. The molecule has 2 aliphatic rings. The summed E-state index contributed by atoms with van der Waals surface area (Å²) < 4.78 is 0. The molecular formula is C29H54N4O4S2. The fourth-order valence-corrected chi connectivity index (χ4v) is 6.41. The van der Waals surface area contributed by atoms with Gasteiger partial charge in [-0.3, -0.25) is 4.90 Å². The molecule has 39 heavy (non-hydrogen) atoms. The highest BCUT2D eigenvalue weighted by Crippen LogP contribution is 2.30. The van der Waals surface area contributed by atoms with Crippen LogP contribution in [0.2, 0.25) is 0 Å². The molecule has 0 aromatic heterocycles. The number of carbonyl (C=O) groups excluding carboxylic acids is 1. The van der Waals surface area contributed by atoms with Crippen LogP contribution in [0.5, 0.6) is 0 Å². The Morgan fingerprint density at radius 3 is 1.79 bits per heavy atom. The van der Waals surface area contributed by atoms with E-state index in [1.54, 1.807) is 9.80 Å². The Morgan fingerprint density at radius 2 is 1.33 bits per heavy atom. The molecule has 0 saturated carbocycles. The molecular weight excluding hydrogens is 532 g/mol. The number of carbonyl (C=O) groups is 1. The highest BCUT2D eigenvalue weighted by atomic mass is 32.1. The quantitative estimate of drug-likeness (QED) is 0.201. The van der Waals surface area contributed by atoms with Gasteiger partial charge in [0.25, 0.3) is 0 Å². The van der Waals surface area contributed by atoms with Crippen LogP contribution in [-0.2, 0) is 0 Å². The zero-order chi connectivity index (χ0) is 29.4. The second kappa shape index (κ2) is 15.2. The van der Waals surface area contributed by atoms with Gasteiger partial charge in [-0.2, -0.15) is 0 Å². The highest BCUT2D eigenvalue weighted by molar-refractivity contribution is 7.82. The van der Waals surface area contributed by atoms with Gasteiger partial charge in [-0.15, -0.1) is 0 Å². The Labute approximate surface area is 247 Å². The third-order valence-corrected chi connectivity index (χ3v) is 9.02. The first-order valence-corrected chi connectivity index (χ1v) is 15.7. The number of amides is 2. The van der Waals surface area contributed by atoms with Crippen molar-refractivity contribution < 1.29 is 20.1 Å². The zero-order valence-corrected chi connectivity index (χ0v) is 26.8. The highest BCUT2D eigenvalue weighted by Gasteiger charge is 2.38. The maximum atomic E-state index is 12.4. The van der Waals surface area contributed by atoms with Crippen molar-refractivity contribution in [3.63, 3.8) is 0 Å². The van der Waals surface area contributed by atoms with E-state index in [1.165, 1.54) is 0 Å². The Balaban J connectivity index is 1.59. The number of rotatable bonds is 18. The van der Waals surface area contributed by atoms with Crippen molar-refractivity contribution in [1.82, 2.24) is 19.6 Å². The fourth-order valence-electron chi connectivity index (χ4n) is 5.67. The van der Waals surface area contributed by atoms with Gasteiger partial charge in [-0.05, 0) is 81.8 Å². The molecule has 8 nitrogen and oxygen atoms in total. The van der Waals surface area contributed by atoms with E-state index < -0.39 is 6.23 Å². The molecule has 226 valence electrons. The first kappa shape index (κ1) is 34.1. The van der Waals surface area contributed by atoms with Gasteiger partial charge < -0.3 is 30.0 Å². The summed E-state index contributed by atoms with van der Waals surface area (Å²) in [5.41, 5.74) is -0.0822. The number of β-amino-alcohol motifs (C(OH)–C–C–N with tert-alkyl or cyclic N) is 1. The molecule has 0 spiro atoms. The number of urea groups is 1. The molecule has 0 aliphatic carbocycles. The summed E-state index contributed by atoms with van der Waals surface area (Å²) in [6.45, 7) is 16.6. The maximum absolute atomic E-state index is 12.4. The van der Waals surface area contributed by atoms with Crippen molar-refractivity contribution in [2.75, 3.05) is 39.3 Å². The largest absolute Gasteiger partial charge is 0.393 e. The van der Waals surface area contributed by atoms with Crippen molar-refractivity contribution in [1.29, 1.82) is 0 Å². The van der Waals surface area contributed by atoms with Crippen LogP contribution < -0.4 is 0 Å². The smallest absolute Gasteiger partial charge is 0.322 e. The van der Waals surface area contributed by atoms with Gasteiger partial charge in [0.1, 0.15) is 11.2 Å². The number of likely N-dealkylation sites (N-methyl/N-ethyl adjacent to an activating group) is 2. The Kier molecular flexibility index (Phi) is 13.3. The average molecular weight is 587 g/mol. The third-order valence-electron chi connectivity index (χ3n) is 8.19. The molecule has 3 N–H and O–H groups in total. The van der Waals surface area contributed by atoms with Gasteiger partial charge in [0.05, 0.1) is 25.3 Å². The minimum absolute atomic E-state index is 0.0527. The Hall–Kier alpha value is -1.07. The molecule has 2 saturated heterocycles. The minimum Gasteiger partial charge on any atom is -0.393 e. The molecule has 10 heteroatoms. The van der Waals surface area contributed by atoms with Crippen LogP contribution in [0.4, 0.5) is 4.79 Å². The summed E-state index contributed by atoms with van der Waals surface area (Å²) in [7, 11) is 0. The van der Waals surface area contributed by atoms with Gasteiger partial charge >= 0.3 is 6.03 Å². The van der Waals surface area contributed by atoms with Crippen LogP contribution in [0.1, 0.15) is 99.3 Å². The van der Waals surface area contributed by atoms with Crippen molar-refractivity contribution in [2.45, 2.75) is 118 Å². The number of nitrogens with zero attached hydrogens (tertiary/aromatic N) is 4. The number of aliphatic hydroxyl groups is 3. The van der Waals surface area contributed by atoms with E-state index in [-0.39, 0.29) is 29.1 Å². The lowest BCUT2D eigenvalue weighted by molar-refractivity contribution is 0.0378. The first-order valence-electron chi connectivity index (χ1n) is 14.9. The zero-order valence-electron chi connectivity index (χ0n) is 25.2. The third kappa shape index (κ3) is 10.7. The van der Waals surface area contributed by atoms with E-state index >= 15 is 0 Å². The number of hydrogen-bond acceptors (Lipinski definition) is 6. The summed E-state index contributed by atoms with van der Waals surface area (Å²) in [5.74, 6) is 0. The van der Waals surface area contributed by atoms with Gasteiger partial charge in [0.2, 0.25) is 0 Å². The molecule has 0 bridgehead atoms. The predicted octanol–water partition coefficient (Wildman–Crippen LogP) is 4.60. The topological polar surface area (TPSA) is 90.7 Å². The standard InChI is InChI=1S/C29H54N4O4S2/c1-7-30-18-24(36)32(26(30)37)20-28(3,4)16-10-14-22(34)12-9-13-23(35)15-11-17-29(5,6)21-33-25(38)19-31(8-2)27(33)39/h22-24,34-36H,7-21H2,1-6H3. The number of aliphatic hydroxyl groups excluding tert-OH is 3. The first-order chi connectivity index (χ1) is 18.2. The van der Waals surface area contributed by atoms with Crippen molar-refractivity contribution in [2.24, 2.45) is 10.8 Å². The monoisotopic (exact) mass is 586 g/mol. The van der Waals surface area contributed by atoms with Crippen molar-refractivity contribution >= 4 is 40.6 Å². The maximum Gasteiger partial charge on any atom is 0.322 e. The lowest BCUT2D eigenvalue weighted by atomic mass is 9.85. The predicted molar refractivity (Wildman–Crippen MR) is 166 cm³/mol. The average Bonchev–Trinajstić information content (AvgIpc) is 3.27. The SMILES string of the molecule is CCN1CC(O)N(CC(C)(C)CCCC(O)CCCC(O)CCCC(C)(C)CN2C(=S)CN(CC)C2=S)C1=O. The summed E-state index contributed by atoms with van der Waals surface area (Å²) in [6, 6.07) is -0.0941. The van der Waals surface area contributed by atoms with Crippen LogP contribution >= 0.6 is 24.4 Å². The second-order valence-electron chi connectivity index (χ2n) is 13.1. The fraction of sp³-hybridized carbons (Fsp3) is 0.897. The van der Waals surface area contributed by atoms with E-state index in [0.717, 1.165) is 68.3 Å². The summed E-state index contributed by atoms with van der Waals surface area (Å²) in [6.07, 6.45) is 5.88. The van der Waals surface area contributed by atoms with E-state index in [2.05, 4.69) is 44.4 Å². The van der Waals surface area contributed by atoms with E-state index in [1.807, 2.05) is 6.92 Å². The second-order valence-corrected chi connectivity index (χ2v) is 13.9. The molecule has 2 aliphatic heterocycles. The van der Waals surface area contributed by atoms with Crippen LogP contribution in [0.15, 0.2) is 0 Å². The minimum atomic E-state index is -0.743. The van der Waals surface area contributed by atoms with Crippen LogP contribution in [0.3, 0.4) is 0 Å². The van der Waals surface area contributed by atoms with E-state index in [4.69, 9.17) is 24.4 Å².